The number of amides is 3. The number of halogens is 6. The third-order valence-electron chi connectivity index (χ3n) is 5.66. The number of hydrogen-bond acceptors (Lipinski definition) is 3. The van der Waals surface area contributed by atoms with Crippen molar-refractivity contribution in [2.45, 2.75) is 45.7 Å². The molecule has 1 N–H and O–H groups in total. The molecule has 0 fully saturated rings. The summed E-state index contributed by atoms with van der Waals surface area (Å²) < 4.78 is 79.4. The number of benzene rings is 2. The third kappa shape index (κ3) is 8.74. The van der Waals surface area contributed by atoms with Crippen molar-refractivity contribution in [3.63, 3.8) is 0 Å². The highest BCUT2D eigenvalue weighted by Gasteiger charge is 2.37. The average molecular weight is 572 g/mol. The fourth-order valence-electron chi connectivity index (χ4n) is 3.81. The molecule has 39 heavy (non-hydrogen) atoms. The Hall–Kier alpha value is -3.54. The molecule has 0 radical (unpaired) electrons. The van der Waals surface area contributed by atoms with Gasteiger partial charge < -0.3 is 15.1 Å². The molecule has 3 aromatic rings. The number of alkyl halides is 6. The lowest BCUT2D eigenvalue weighted by Crippen LogP contribution is -2.44. The molecule has 0 spiro atoms. The highest BCUT2D eigenvalue weighted by atomic mass is 32.1. The van der Waals surface area contributed by atoms with E-state index in [1.54, 1.807) is 11.8 Å². The Balaban J connectivity index is 1.83. The van der Waals surface area contributed by atoms with E-state index in [4.69, 9.17) is 0 Å². The second kappa shape index (κ2) is 12.5. The van der Waals surface area contributed by atoms with Gasteiger partial charge >= 0.3 is 18.4 Å². The number of carbonyl (C=O) groups excluding carboxylic acids is 2. The second-order valence-electron chi connectivity index (χ2n) is 8.89. The van der Waals surface area contributed by atoms with Crippen LogP contribution in [-0.4, -0.2) is 34.8 Å². The number of hydrogen-bond donors (Lipinski definition) is 1. The molecule has 0 saturated carbocycles. The van der Waals surface area contributed by atoms with Gasteiger partial charge in [-0.3, -0.25) is 4.79 Å². The Morgan fingerprint density at radius 1 is 0.846 bits per heavy atom. The van der Waals surface area contributed by atoms with E-state index in [2.05, 4.69) is 5.32 Å². The van der Waals surface area contributed by atoms with Crippen LogP contribution in [0.15, 0.2) is 60.7 Å². The molecular weight excluding hydrogens is 544 g/mol. The van der Waals surface area contributed by atoms with Crippen LogP contribution in [0.25, 0.3) is 0 Å². The van der Waals surface area contributed by atoms with Crippen LogP contribution in [0.3, 0.4) is 0 Å². The zero-order chi connectivity index (χ0) is 28.8. The van der Waals surface area contributed by atoms with Crippen LogP contribution >= 0.6 is 11.3 Å². The smallest absolute Gasteiger partial charge is 0.332 e. The quantitative estimate of drug-likeness (QED) is 0.270. The highest BCUT2D eigenvalue weighted by Crippen LogP contribution is 2.37. The summed E-state index contributed by atoms with van der Waals surface area (Å²) in [6, 6.07) is 12.9. The van der Waals surface area contributed by atoms with Crippen molar-refractivity contribution in [3.8, 4) is 0 Å². The summed E-state index contributed by atoms with van der Waals surface area (Å²) in [4.78, 5) is 31.0. The summed E-state index contributed by atoms with van der Waals surface area (Å²) in [5, 5.41) is 2.12. The van der Waals surface area contributed by atoms with Crippen molar-refractivity contribution in [1.82, 2.24) is 9.80 Å². The van der Waals surface area contributed by atoms with Crippen LogP contribution < -0.4 is 5.32 Å². The molecule has 0 bridgehead atoms. The second-order valence-corrected chi connectivity index (χ2v) is 10.3. The number of anilines is 1. The number of nitrogens with one attached hydrogen (secondary N) is 1. The first kappa shape index (κ1) is 30.0. The van der Waals surface area contributed by atoms with Crippen LogP contribution in [-0.2, 0) is 30.2 Å². The molecule has 0 aliphatic rings. The largest absolute Gasteiger partial charge is 0.416 e. The van der Waals surface area contributed by atoms with Gasteiger partial charge in [-0.25, -0.2) is 4.79 Å². The molecule has 1 aromatic heterocycles. The predicted molar refractivity (Wildman–Crippen MR) is 137 cm³/mol. The Bertz CT molecular complexity index is 1240. The summed E-state index contributed by atoms with van der Waals surface area (Å²) in [5.41, 5.74) is -2.92. The molecule has 210 valence electrons. The van der Waals surface area contributed by atoms with E-state index in [9.17, 15) is 35.9 Å². The normalized spacial score (nSPS) is 11.8. The van der Waals surface area contributed by atoms with Gasteiger partial charge in [-0.05, 0) is 49.2 Å². The van der Waals surface area contributed by atoms with Gasteiger partial charge in [-0.1, -0.05) is 37.3 Å². The zero-order valence-corrected chi connectivity index (χ0v) is 22.0. The maximum absolute atomic E-state index is 13.4. The summed E-state index contributed by atoms with van der Waals surface area (Å²) in [5.74, 6) is -0.423. The first-order valence-corrected chi connectivity index (χ1v) is 12.8. The molecule has 0 aliphatic heterocycles. The minimum Gasteiger partial charge on any atom is -0.332 e. The van der Waals surface area contributed by atoms with Crippen LogP contribution in [0.5, 0.6) is 0 Å². The molecule has 0 unspecified atom stereocenters. The molecule has 0 atom stereocenters. The third-order valence-corrected chi connectivity index (χ3v) is 6.64. The van der Waals surface area contributed by atoms with Gasteiger partial charge in [-0.2, -0.15) is 26.3 Å². The monoisotopic (exact) mass is 571 g/mol. The van der Waals surface area contributed by atoms with Crippen molar-refractivity contribution in [2.24, 2.45) is 0 Å². The summed E-state index contributed by atoms with van der Waals surface area (Å²) in [6.45, 7) is 3.83. The molecule has 0 saturated heterocycles. The van der Waals surface area contributed by atoms with Gasteiger partial charge in [0.2, 0.25) is 5.91 Å². The lowest BCUT2D eigenvalue weighted by Gasteiger charge is -2.28. The Labute approximate surface area is 226 Å². The fourth-order valence-corrected chi connectivity index (χ4v) is 4.72. The average Bonchev–Trinajstić information content (AvgIpc) is 3.27. The Morgan fingerprint density at radius 2 is 1.46 bits per heavy atom. The summed E-state index contributed by atoms with van der Waals surface area (Å²) in [6.07, 6.45) is -9.71. The van der Waals surface area contributed by atoms with Crippen LogP contribution in [0.2, 0.25) is 0 Å². The van der Waals surface area contributed by atoms with Crippen molar-refractivity contribution in [1.29, 1.82) is 0 Å². The summed E-state index contributed by atoms with van der Waals surface area (Å²) >= 11 is 1.52. The van der Waals surface area contributed by atoms with Crippen LogP contribution in [0.4, 0.5) is 36.8 Å². The molecule has 2 aromatic carbocycles. The molecule has 1 heterocycles. The van der Waals surface area contributed by atoms with Crippen LogP contribution in [0, 0.1) is 6.92 Å². The standard InChI is InChI=1S/C27H27F6N3O2S/c1-3-11-35(25(38)34-22-13-20(26(28,29)30)12-21(14-22)27(31,32)33)17-24(37)36(15-19-7-5-4-6-8-19)16-23-10-9-18(2)39-23/h4-10,12-14H,3,11,15-17H2,1-2H3,(H,34,38). The first-order chi connectivity index (χ1) is 18.3. The predicted octanol–water partition coefficient (Wildman–Crippen LogP) is 7.57. The number of nitrogens with zero attached hydrogens (tertiary/aromatic N) is 2. The van der Waals surface area contributed by atoms with Gasteiger partial charge in [0, 0.05) is 28.5 Å². The van der Waals surface area contributed by atoms with Gasteiger partial charge in [-0.15, -0.1) is 11.3 Å². The van der Waals surface area contributed by atoms with E-state index in [0.717, 1.165) is 20.2 Å². The lowest BCUT2D eigenvalue weighted by atomic mass is 10.1. The first-order valence-electron chi connectivity index (χ1n) is 12.0. The van der Waals surface area contributed by atoms with E-state index in [-0.39, 0.29) is 25.7 Å². The SMILES string of the molecule is CCCN(CC(=O)N(Cc1ccccc1)Cc1ccc(C)s1)C(=O)Nc1cc(C(F)(F)F)cc(C(F)(F)F)c1. The molecule has 5 nitrogen and oxygen atoms in total. The minimum atomic E-state index is -5.06. The van der Waals surface area contributed by atoms with Gasteiger partial charge in [0.15, 0.2) is 0 Å². The molecule has 0 aliphatic carbocycles. The van der Waals surface area contributed by atoms with Crippen molar-refractivity contribution in [3.05, 3.63) is 87.1 Å². The van der Waals surface area contributed by atoms with Gasteiger partial charge in [0.1, 0.15) is 6.54 Å². The number of rotatable bonds is 9. The Kier molecular flexibility index (Phi) is 9.65. The van der Waals surface area contributed by atoms with Crippen molar-refractivity contribution >= 4 is 29.0 Å². The number of carbonyl (C=O) groups is 2. The van der Waals surface area contributed by atoms with Crippen molar-refractivity contribution < 1.29 is 35.9 Å². The number of aryl methyl sites for hydroxylation is 1. The van der Waals surface area contributed by atoms with Crippen molar-refractivity contribution in [2.75, 3.05) is 18.4 Å². The Morgan fingerprint density at radius 3 is 1.97 bits per heavy atom. The maximum atomic E-state index is 13.4. The number of thiophene rings is 1. The maximum Gasteiger partial charge on any atom is 0.416 e. The highest BCUT2D eigenvalue weighted by molar-refractivity contribution is 7.11. The minimum absolute atomic E-state index is 0.0171. The van der Waals surface area contributed by atoms with E-state index in [1.165, 1.54) is 11.3 Å². The molecule has 3 amide bonds. The van der Waals surface area contributed by atoms with E-state index in [0.29, 0.717) is 18.6 Å². The summed E-state index contributed by atoms with van der Waals surface area (Å²) in [7, 11) is 0. The van der Waals surface area contributed by atoms with E-state index < -0.39 is 47.6 Å². The number of urea groups is 1. The van der Waals surface area contributed by atoms with E-state index >= 15 is 0 Å². The zero-order valence-electron chi connectivity index (χ0n) is 21.2. The van der Waals surface area contributed by atoms with E-state index in [1.807, 2.05) is 49.4 Å². The van der Waals surface area contributed by atoms with Gasteiger partial charge in [0.05, 0.1) is 17.7 Å². The van der Waals surface area contributed by atoms with Crippen LogP contribution in [0.1, 0.15) is 39.8 Å². The fraction of sp³-hybridized carbons (Fsp3) is 0.333. The molecule has 3 rings (SSSR count). The van der Waals surface area contributed by atoms with Gasteiger partial charge in [0.25, 0.3) is 0 Å². The molecular formula is C27H27F6N3O2S. The molecule has 12 heteroatoms. The lowest BCUT2D eigenvalue weighted by molar-refractivity contribution is -0.143. The topological polar surface area (TPSA) is 52.7 Å².